The standard InChI is InChI=1S/C44H36N2O4/c1-13-35(45(37-17-5-31(6-18-37)41-25-47-41)38-19-7-32(8-20-38)42-26-48-42)14-2-29(1)30-3-15-36(16-4-30)46(39-21-9-33(10-22-39)43-27-49-43)40-23-11-34(12-24-40)44-28-50-44/h1-24,41-44H,25-28H2. The number of anilines is 6. The average Bonchev–Trinajstić information content (AvgIpc) is 3.98. The predicted octanol–water partition coefficient (Wildman–Crippen LogP) is 10.6. The van der Waals surface area contributed by atoms with Gasteiger partial charge in [-0.1, -0.05) is 72.8 Å². The van der Waals surface area contributed by atoms with Gasteiger partial charge < -0.3 is 28.7 Å². The zero-order chi connectivity index (χ0) is 33.0. The van der Waals surface area contributed by atoms with E-state index in [-0.39, 0.29) is 24.4 Å². The maximum absolute atomic E-state index is 5.52. The first-order chi connectivity index (χ1) is 24.7. The summed E-state index contributed by atoms with van der Waals surface area (Å²) in [6.07, 6.45) is 0.941. The first-order valence-electron chi connectivity index (χ1n) is 17.4. The van der Waals surface area contributed by atoms with Crippen molar-refractivity contribution >= 4 is 34.1 Å². The van der Waals surface area contributed by atoms with Crippen LogP contribution in [0, 0.1) is 0 Å². The molecule has 6 aromatic rings. The summed E-state index contributed by atoms with van der Waals surface area (Å²) in [6, 6.07) is 52.6. The molecule has 4 heterocycles. The molecule has 0 aromatic heterocycles. The van der Waals surface area contributed by atoms with Crippen molar-refractivity contribution < 1.29 is 18.9 Å². The molecule has 6 nitrogen and oxygen atoms in total. The van der Waals surface area contributed by atoms with Crippen molar-refractivity contribution in [2.45, 2.75) is 24.4 Å². The van der Waals surface area contributed by atoms with Crippen LogP contribution < -0.4 is 9.80 Å². The van der Waals surface area contributed by atoms with Crippen LogP contribution >= 0.6 is 0 Å². The van der Waals surface area contributed by atoms with E-state index < -0.39 is 0 Å². The fourth-order valence-electron chi connectivity index (χ4n) is 6.81. The van der Waals surface area contributed by atoms with E-state index in [1.807, 2.05) is 0 Å². The zero-order valence-corrected chi connectivity index (χ0v) is 27.5. The van der Waals surface area contributed by atoms with E-state index in [0.717, 1.165) is 71.7 Å². The first kappa shape index (κ1) is 29.7. The van der Waals surface area contributed by atoms with Gasteiger partial charge in [0.15, 0.2) is 0 Å². The van der Waals surface area contributed by atoms with Crippen LogP contribution in [0.25, 0.3) is 11.1 Å². The fraction of sp³-hybridized carbons (Fsp3) is 0.182. The van der Waals surface area contributed by atoms with Gasteiger partial charge in [-0.25, -0.2) is 0 Å². The van der Waals surface area contributed by atoms with E-state index in [2.05, 4.69) is 155 Å². The molecule has 6 heteroatoms. The van der Waals surface area contributed by atoms with Gasteiger partial charge in [0.05, 0.1) is 26.4 Å². The molecule has 0 saturated carbocycles. The molecule has 10 rings (SSSR count). The summed E-state index contributed by atoms with van der Waals surface area (Å²) in [4.78, 5) is 4.61. The van der Waals surface area contributed by atoms with E-state index in [0.29, 0.717) is 0 Å². The third kappa shape index (κ3) is 6.08. The highest BCUT2D eigenvalue weighted by molar-refractivity contribution is 5.81. The SMILES string of the molecule is c1cc(N(c2ccc(C3CO3)cc2)c2ccc(C3CO3)cc2)ccc1-c1ccc(N(c2ccc(C3CO3)cc2)c2ccc(C3CO3)cc2)cc1. The Hall–Kier alpha value is -5.24. The molecule has 0 aliphatic carbocycles. The van der Waals surface area contributed by atoms with E-state index in [1.165, 1.54) is 22.3 Å². The molecule has 50 heavy (non-hydrogen) atoms. The maximum atomic E-state index is 5.52. The lowest BCUT2D eigenvalue weighted by Gasteiger charge is -2.26. The van der Waals surface area contributed by atoms with Crippen LogP contribution in [0.5, 0.6) is 0 Å². The Morgan fingerprint density at radius 1 is 0.280 bits per heavy atom. The van der Waals surface area contributed by atoms with Crippen molar-refractivity contribution in [3.8, 4) is 11.1 Å². The van der Waals surface area contributed by atoms with E-state index in [1.54, 1.807) is 0 Å². The van der Waals surface area contributed by atoms with E-state index in [4.69, 9.17) is 18.9 Å². The molecule has 4 unspecified atom stereocenters. The van der Waals surface area contributed by atoms with Crippen molar-refractivity contribution in [1.82, 2.24) is 0 Å². The largest absolute Gasteiger partial charge is 0.368 e. The Bertz CT molecular complexity index is 1830. The van der Waals surface area contributed by atoms with Gasteiger partial charge in [0.1, 0.15) is 24.4 Å². The van der Waals surface area contributed by atoms with Crippen molar-refractivity contribution in [3.05, 3.63) is 168 Å². The molecule has 0 bridgehead atoms. The highest BCUT2D eigenvalue weighted by atomic mass is 16.6. The molecule has 4 saturated heterocycles. The summed E-state index contributed by atoms with van der Waals surface area (Å²) in [5, 5.41) is 0. The van der Waals surface area contributed by atoms with Crippen molar-refractivity contribution in [2.75, 3.05) is 36.2 Å². The Balaban J connectivity index is 0.942. The zero-order valence-electron chi connectivity index (χ0n) is 27.5. The van der Waals surface area contributed by atoms with E-state index in [9.17, 15) is 0 Å². The topological polar surface area (TPSA) is 56.6 Å². The monoisotopic (exact) mass is 656 g/mol. The number of ether oxygens (including phenoxy) is 4. The molecular weight excluding hydrogens is 620 g/mol. The number of epoxide rings is 4. The minimum absolute atomic E-state index is 0.235. The lowest BCUT2D eigenvalue weighted by Crippen LogP contribution is -2.10. The molecule has 0 amide bonds. The lowest BCUT2D eigenvalue weighted by molar-refractivity contribution is 0.415. The summed E-state index contributed by atoms with van der Waals surface area (Å²) in [7, 11) is 0. The summed E-state index contributed by atoms with van der Waals surface area (Å²) in [5.74, 6) is 0. The third-order valence-electron chi connectivity index (χ3n) is 10.0. The second kappa shape index (κ2) is 12.3. The molecule has 4 aliphatic rings. The highest BCUT2D eigenvalue weighted by Gasteiger charge is 2.28. The Labute approximate surface area is 292 Å². The van der Waals surface area contributed by atoms with Gasteiger partial charge in [0.25, 0.3) is 0 Å². The molecule has 4 atom stereocenters. The summed E-state index contributed by atoms with van der Waals surface area (Å²) < 4.78 is 22.1. The van der Waals surface area contributed by atoms with Gasteiger partial charge in [0, 0.05) is 34.1 Å². The van der Waals surface area contributed by atoms with Gasteiger partial charge >= 0.3 is 0 Å². The van der Waals surface area contributed by atoms with Crippen molar-refractivity contribution in [1.29, 1.82) is 0 Å². The minimum atomic E-state index is 0.235. The second-order valence-corrected chi connectivity index (χ2v) is 13.4. The van der Waals surface area contributed by atoms with Crippen LogP contribution in [-0.4, -0.2) is 26.4 Å². The van der Waals surface area contributed by atoms with Crippen LogP contribution in [0.15, 0.2) is 146 Å². The van der Waals surface area contributed by atoms with Crippen LogP contribution in [-0.2, 0) is 18.9 Å². The summed E-state index contributed by atoms with van der Waals surface area (Å²) >= 11 is 0. The number of rotatable bonds is 11. The molecule has 0 radical (unpaired) electrons. The second-order valence-electron chi connectivity index (χ2n) is 13.4. The highest BCUT2D eigenvalue weighted by Crippen LogP contribution is 2.41. The van der Waals surface area contributed by atoms with Gasteiger partial charge in [-0.05, 0) is 106 Å². The van der Waals surface area contributed by atoms with Gasteiger partial charge in [0.2, 0.25) is 0 Å². The van der Waals surface area contributed by atoms with Gasteiger partial charge in [-0.3, -0.25) is 0 Å². The molecule has 4 aliphatic heterocycles. The number of hydrogen-bond donors (Lipinski definition) is 0. The molecule has 0 N–H and O–H groups in total. The predicted molar refractivity (Wildman–Crippen MR) is 196 cm³/mol. The van der Waals surface area contributed by atoms with Crippen molar-refractivity contribution in [3.63, 3.8) is 0 Å². The summed E-state index contributed by atoms with van der Waals surface area (Å²) in [5.41, 5.74) is 13.9. The number of hydrogen-bond acceptors (Lipinski definition) is 6. The molecule has 4 fully saturated rings. The Kier molecular flexibility index (Phi) is 7.28. The smallest absolute Gasteiger partial charge is 0.106 e. The number of benzene rings is 6. The fourth-order valence-corrected chi connectivity index (χ4v) is 6.81. The molecule has 6 aromatic carbocycles. The van der Waals surface area contributed by atoms with Crippen LogP contribution in [0.2, 0.25) is 0 Å². The molecule has 0 spiro atoms. The molecule has 246 valence electrons. The lowest BCUT2D eigenvalue weighted by atomic mass is 10.0. The van der Waals surface area contributed by atoms with Crippen LogP contribution in [0.1, 0.15) is 46.7 Å². The first-order valence-corrected chi connectivity index (χ1v) is 17.4. The van der Waals surface area contributed by atoms with Gasteiger partial charge in [-0.2, -0.15) is 0 Å². The van der Waals surface area contributed by atoms with Crippen LogP contribution in [0.3, 0.4) is 0 Å². The van der Waals surface area contributed by atoms with Gasteiger partial charge in [-0.15, -0.1) is 0 Å². The Morgan fingerprint density at radius 3 is 0.640 bits per heavy atom. The summed E-state index contributed by atoms with van der Waals surface area (Å²) in [6.45, 7) is 3.23. The minimum Gasteiger partial charge on any atom is -0.368 e. The average molecular weight is 657 g/mol. The Morgan fingerprint density at radius 2 is 0.460 bits per heavy atom. The molecular formula is C44H36N2O4. The van der Waals surface area contributed by atoms with E-state index >= 15 is 0 Å². The van der Waals surface area contributed by atoms with Crippen LogP contribution in [0.4, 0.5) is 34.1 Å². The third-order valence-corrected chi connectivity index (χ3v) is 10.0. The maximum Gasteiger partial charge on any atom is 0.106 e. The quantitative estimate of drug-likeness (QED) is 0.129. The normalized spacial score (nSPS) is 21.4. The van der Waals surface area contributed by atoms with Crippen molar-refractivity contribution in [2.24, 2.45) is 0 Å². The number of nitrogens with zero attached hydrogens (tertiary/aromatic N) is 2.